The number of hydrogen-bond acceptors (Lipinski definition) is 4. The smallest absolute Gasteiger partial charge is 0.137 e. The van der Waals surface area contributed by atoms with Crippen molar-refractivity contribution in [1.82, 2.24) is 10.3 Å². The first-order valence-corrected chi connectivity index (χ1v) is 7.53. The van der Waals surface area contributed by atoms with Crippen molar-refractivity contribution in [2.75, 3.05) is 26.4 Å². The Labute approximate surface area is 122 Å². The zero-order valence-electron chi connectivity index (χ0n) is 13.2. The summed E-state index contributed by atoms with van der Waals surface area (Å²) in [5.41, 5.74) is 1.04. The van der Waals surface area contributed by atoms with Crippen LogP contribution in [0, 0.1) is 5.92 Å². The van der Waals surface area contributed by atoms with E-state index in [1.807, 2.05) is 12.1 Å². The van der Waals surface area contributed by atoms with Crippen molar-refractivity contribution >= 4 is 0 Å². The molecule has 20 heavy (non-hydrogen) atoms. The Balaban J connectivity index is 2.28. The van der Waals surface area contributed by atoms with Gasteiger partial charge in [-0.05, 0) is 37.9 Å². The van der Waals surface area contributed by atoms with Gasteiger partial charge in [0.1, 0.15) is 12.4 Å². The number of nitrogens with one attached hydrogen (secondary N) is 1. The van der Waals surface area contributed by atoms with E-state index in [0.29, 0.717) is 19.1 Å². The van der Waals surface area contributed by atoms with E-state index >= 15 is 0 Å². The van der Waals surface area contributed by atoms with Crippen LogP contribution in [-0.4, -0.2) is 31.3 Å². The molecular formula is C16H28N2O2. The van der Waals surface area contributed by atoms with Crippen LogP contribution in [0.2, 0.25) is 0 Å². The lowest BCUT2D eigenvalue weighted by molar-refractivity contribution is 0.0818. The lowest BCUT2D eigenvalue weighted by Crippen LogP contribution is -2.20. The second-order valence-electron chi connectivity index (χ2n) is 5.41. The maximum atomic E-state index is 5.60. The fourth-order valence-corrected chi connectivity index (χ4v) is 1.74. The molecule has 0 spiro atoms. The molecule has 0 bridgehead atoms. The Bertz CT molecular complexity index is 352. The van der Waals surface area contributed by atoms with Gasteiger partial charge in [-0.3, -0.25) is 4.98 Å². The van der Waals surface area contributed by atoms with Crippen molar-refractivity contribution in [3.8, 4) is 5.75 Å². The van der Waals surface area contributed by atoms with Crippen LogP contribution in [0.4, 0.5) is 0 Å². The van der Waals surface area contributed by atoms with Gasteiger partial charge < -0.3 is 14.8 Å². The van der Waals surface area contributed by atoms with Crippen LogP contribution in [0.5, 0.6) is 5.75 Å². The molecular weight excluding hydrogens is 252 g/mol. The maximum absolute atomic E-state index is 5.60. The highest BCUT2D eigenvalue weighted by Gasteiger charge is 2.05. The number of aromatic nitrogens is 1. The van der Waals surface area contributed by atoms with Crippen molar-refractivity contribution in [3.05, 3.63) is 24.0 Å². The molecule has 0 fully saturated rings. The Kier molecular flexibility index (Phi) is 8.23. The zero-order chi connectivity index (χ0) is 14.8. The van der Waals surface area contributed by atoms with E-state index in [4.69, 9.17) is 9.47 Å². The number of pyridine rings is 1. The summed E-state index contributed by atoms with van der Waals surface area (Å²) in [5.74, 6) is 1.36. The standard InChI is InChI=1S/C16H28N2O2/c1-5-8-17-14(4)16-7-6-15(11-18-16)20-10-9-19-12-13(2)3/h6-7,11,13-14,17H,5,8-10,12H2,1-4H3. The predicted molar refractivity (Wildman–Crippen MR) is 82.1 cm³/mol. The van der Waals surface area contributed by atoms with Gasteiger partial charge in [0.15, 0.2) is 0 Å². The van der Waals surface area contributed by atoms with Gasteiger partial charge in [-0.2, -0.15) is 0 Å². The number of nitrogens with zero attached hydrogens (tertiary/aromatic N) is 1. The molecule has 4 nitrogen and oxygen atoms in total. The summed E-state index contributed by atoms with van der Waals surface area (Å²) >= 11 is 0. The summed E-state index contributed by atoms with van der Waals surface area (Å²) < 4.78 is 11.1. The van der Waals surface area contributed by atoms with E-state index in [1.54, 1.807) is 6.20 Å². The summed E-state index contributed by atoms with van der Waals surface area (Å²) in [7, 11) is 0. The zero-order valence-corrected chi connectivity index (χ0v) is 13.2. The summed E-state index contributed by atoms with van der Waals surface area (Å²) in [4.78, 5) is 4.43. The molecule has 114 valence electrons. The van der Waals surface area contributed by atoms with Crippen LogP contribution in [0.15, 0.2) is 18.3 Å². The fraction of sp³-hybridized carbons (Fsp3) is 0.688. The first-order valence-electron chi connectivity index (χ1n) is 7.53. The van der Waals surface area contributed by atoms with Crippen molar-refractivity contribution < 1.29 is 9.47 Å². The van der Waals surface area contributed by atoms with Crippen molar-refractivity contribution in [2.24, 2.45) is 5.92 Å². The molecule has 1 atom stereocenters. The van der Waals surface area contributed by atoms with E-state index in [-0.39, 0.29) is 6.04 Å². The molecule has 0 radical (unpaired) electrons. The molecule has 1 rings (SSSR count). The lowest BCUT2D eigenvalue weighted by Gasteiger charge is -2.13. The molecule has 0 aliphatic heterocycles. The quantitative estimate of drug-likeness (QED) is 0.668. The van der Waals surface area contributed by atoms with Gasteiger partial charge in [-0.25, -0.2) is 0 Å². The van der Waals surface area contributed by atoms with Crippen LogP contribution in [0.25, 0.3) is 0 Å². The Morgan fingerprint density at radius 2 is 2.00 bits per heavy atom. The van der Waals surface area contributed by atoms with E-state index in [1.165, 1.54) is 0 Å². The van der Waals surface area contributed by atoms with Crippen molar-refractivity contribution in [2.45, 2.75) is 40.2 Å². The highest BCUT2D eigenvalue weighted by molar-refractivity contribution is 5.21. The molecule has 1 unspecified atom stereocenters. The second-order valence-corrected chi connectivity index (χ2v) is 5.41. The minimum Gasteiger partial charge on any atom is -0.490 e. The first-order chi connectivity index (χ1) is 9.63. The van der Waals surface area contributed by atoms with Crippen molar-refractivity contribution in [1.29, 1.82) is 0 Å². The Hall–Kier alpha value is -1.13. The number of ether oxygens (including phenoxy) is 2. The third-order valence-electron chi connectivity index (χ3n) is 2.85. The van der Waals surface area contributed by atoms with Crippen LogP contribution < -0.4 is 10.1 Å². The minimum absolute atomic E-state index is 0.276. The van der Waals surface area contributed by atoms with Gasteiger partial charge in [0.2, 0.25) is 0 Å². The Morgan fingerprint density at radius 3 is 2.60 bits per heavy atom. The number of hydrogen-bond donors (Lipinski definition) is 1. The van der Waals surface area contributed by atoms with Gasteiger partial charge in [-0.15, -0.1) is 0 Å². The number of rotatable bonds is 10. The molecule has 1 heterocycles. The lowest BCUT2D eigenvalue weighted by atomic mass is 10.2. The predicted octanol–water partition coefficient (Wildman–Crippen LogP) is 3.19. The fourth-order valence-electron chi connectivity index (χ4n) is 1.74. The third-order valence-corrected chi connectivity index (χ3v) is 2.85. The van der Waals surface area contributed by atoms with Crippen molar-refractivity contribution in [3.63, 3.8) is 0 Å². The van der Waals surface area contributed by atoms with E-state index < -0.39 is 0 Å². The van der Waals surface area contributed by atoms with Gasteiger partial charge in [0.25, 0.3) is 0 Å². The SMILES string of the molecule is CCCNC(C)c1ccc(OCCOCC(C)C)cn1. The summed E-state index contributed by atoms with van der Waals surface area (Å²) in [6, 6.07) is 4.25. The normalized spacial score (nSPS) is 12.7. The Morgan fingerprint density at radius 1 is 1.20 bits per heavy atom. The maximum Gasteiger partial charge on any atom is 0.137 e. The topological polar surface area (TPSA) is 43.4 Å². The van der Waals surface area contributed by atoms with Gasteiger partial charge >= 0.3 is 0 Å². The minimum atomic E-state index is 0.276. The molecule has 1 N–H and O–H groups in total. The monoisotopic (exact) mass is 280 g/mol. The average Bonchev–Trinajstić information content (AvgIpc) is 2.44. The molecule has 1 aromatic rings. The van der Waals surface area contributed by atoms with Gasteiger partial charge in [0, 0.05) is 12.6 Å². The van der Waals surface area contributed by atoms with Crippen LogP contribution in [0.3, 0.4) is 0 Å². The third kappa shape index (κ3) is 6.87. The highest BCUT2D eigenvalue weighted by atomic mass is 16.5. The molecule has 1 aromatic heterocycles. The van der Waals surface area contributed by atoms with Crippen LogP contribution >= 0.6 is 0 Å². The molecule has 0 saturated carbocycles. The average molecular weight is 280 g/mol. The largest absolute Gasteiger partial charge is 0.490 e. The van der Waals surface area contributed by atoms with Gasteiger partial charge in [-0.1, -0.05) is 20.8 Å². The van der Waals surface area contributed by atoms with E-state index in [2.05, 4.69) is 38.0 Å². The van der Waals surface area contributed by atoms with Gasteiger partial charge in [0.05, 0.1) is 18.5 Å². The molecule has 0 aliphatic rings. The van der Waals surface area contributed by atoms with E-state index in [9.17, 15) is 0 Å². The molecule has 0 aliphatic carbocycles. The molecule has 0 saturated heterocycles. The molecule has 4 heteroatoms. The van der Waals surface area contributed by atoms with Crippen LogP contribution in [0.1, 0.15) is 45.9 Å². The second kappa shape index (κ2) is 9.72. The molecule has 0 amide bonds. The summed E-state index contributed by atoms with van der Waals surface area (Å²) in [6.07, 6.45) is 2.91. The molecule has 0 aromatic carbocycles. The van der Waals surface area contributed by atoms with Crippen LogP contribution in [-0.2, 0) is 4.74 Å². The summed E-state index contributed by atoms with van der Waals surface area (Å²) in [6.45, 7) is 11.5. The highest BCUT2D eigenvalue weighted by Crippen LogP contribution is 2.14. The first kappa shape index (κ1) is 16.9. The van der Waals surface area contributed by atoms with E-state index in [0.717, 1.165) is 31.0 Å². The summed E-state index contributed by atoms with van der Waals surface area (Å²) in [5, 5.41) is 3.42.